The van der Waals surface area contributed by atoms with E-state index in [1.165, 1.54) is 22.5 Å². The molecule has 4 aliphatic heterocycles. The fourth-order valence-corrected chi connectivity index (χ4v) is 9.01. The van der Waals surface area contributed by atoms with Crippen molar-refractivity contribution in [2.75, 3.05) is 39.1 Å². The van der Waals surface area contributed by atoms with Gasteiger partial charge in [0.2, 0.25) is 0 Å². The van der Waals surface area contributed by atoms with Gasteiger partial charge in [-0.25, -0.2) is 4.79 Å². The van der Waals surface area contributed by atoms with Crippen molar-refractivity contribution in [2.24, 2.45) is 12.1 Å². The summed E-state index contributed by atoms with van der Waals surface area (Å²) in [7, 11) is 6.10. The summed E-state index contributed by atoms with van der Waals surface area (Å²) in [5.74, 6) is -0.0405. The van der Waals surface area contributed by atoms with Crippen molar-refractivity contribution in [3.05, 3.63) is 63.1 Å². The van der Waals surface area contributed by atoms with E-state index in [0.29, 0.717) is 36.7 Å². The van der Waals surface area contributed by atoms with Crippen LogP contribution in [0, 0.1) is 0 Å². The molecule has 10 nitrogen and oxygen atoms in total. The van der Waals surface area contributed by atoms with E-state index in [1.807, 2.05) is 23.7 Å². The number of hydrogen-bond donors (Lipinski definition) is 2. The minimum atomic E-state index is -0.938. The number of anilines is 1. The summed E-state index contributed by atoms with van der Waals surface area (Å²) in [4.78, 5) is 15.2. The SMILES string of the molecule is CN1CC2=NN(C)C(C)(CCc3cc4c(c(c3)OCCCc3c(C(=O)O)n(C)c5c(c(Cl)ccc35)-c3c(nn5c3CCC5)C1)NCCC4)C2. The van der Waals surface area contributed by atoms with Gasteiger partial charge in [-0.05, 0) is 94.2 Å². The third-order valence-electron chi connectivity index (χ3n) is 11.3. The lowest BCUT2D eigenvalue weighted by molar-refractivity contribution is 0.0685. The first kappa shape index (κ1) is 32.2. The monoisotopic (exact) mass is 683 g/mol. The van der Waals surface area contributed by atoms with Crippen molar-refractivity contribution in [2.45, 2.75) is 83.3 Å². The minimum absolute atomic E-state index is 0.0696. The molecule has 4 aromatic rings. The standard InChI is InChI=1S/C38H46ClN7O3/c1-38-14-13-23-18-24-8-5-15-40-34(24)31(19-23)49-17-7-9-26-27-11-12-28(39)32(35(27)44(3)36(26)37(47)48)33-29(42-46-16-6-10-30(33)46)22-43(2)21-25(20-38)41-45(38)4/h11-12,18-19,40H,5-10,13-17,20-22H2,1-4H3,(H,47,48). The van der Waals surface area contributed by atoms with Crippen LogP contribution in [0.1, 0.15) is 77.6 Å². The molecule has 11 heteroatoms. The third-order valence-corrected chi connectivity index (χ3v) is 11.6. The molecule has 2 N–H and O–H groups in total. The highest BCUT2D eigenvalue weighted by molar-refractivity contribution is 6.35. The van der Waals surface area contributed by atoms with Gasteiger partial charge >= 0.3 is 5.97 Å². The number of aromatic nitrogens is 3. The molecule has 0 saturated heterocycles. The summed E-state index contributed by atoms with van der Waals surface area (Å²) in [6.45, 7) is 5.99. The van der Waals surface area contributed by atoms with E-state index < -0.39 is 5.97 Å². The van der Waals surface area contributed by atoms with Gasteiger partial charge in [-0.1, -0.05) is 23.7 Å². The molecule has 6 heterocycles. The average molecular weight is 684 g/mol. The molecule has 4 aliphatic rings. The lowest BCUT2D eigenvalue weighted by atomic mass is 9.87. The number of nitrogens with zero attached hydrogens (tertiary/aromatic N) is 6. The fraction of sp³-hybridized carbons (Fsp3) is 0.500. The topological polar surface area (TPSA) is 100 Å². The lowest BCUT2D eigenvalue weighted by Crippen LogP contribution is -2.38. The molecule has 8 rings (SSSR count). The summed E-state index contributed by atoms with van der Waals surface area (Å²) in [6.07, 6.45) is 8.17. The second kappa shape index (κ2) is 12.4. The predicted octanol–water partition coefficient (Wildman–Crippen LogP) is 6.54. The number of aryl methyl sites for hydroxylation is 5. The molecule has 0 saturated carbocycles. The number of hydrogen-bond acceptors (Lipinski definition) is 7. The molecule has 0 amide bonds. The largest absolute Gasteiger partial charge is 0.491 e. The Morgan fingerprint density at radius 3 is 2.73 bits per heavy atom. The van der Waals surface area contributed by atoms with Gasteiger partial charge in [0.05, 0.1) is 39.8 Å². The van der Waals surface area contributed by atoms with Crippen LogP contribution in [0.25, 0.3) is 22.0 Å². The van der Waals surface area contributed by atoms with Crippen molar-refractivity contribution in [3.8, 4) is 16.9 Å². The predicted molar refractivity (Wildman–Crippen MR) is 194 cm³/mol. The Morgan fingerprint density at radius 2 is 1.90 bits per heavy atom. The van der Waals surface area contributed by atoms with E-state index in [0.717, 1.165) is 109 Å². The average Bonchev–Trinajstić information content (AvgIpc) is 3.79. The number of carboxylic acids is 1. The lowest BCUT2D eigenvalue weighted by Gasteiger charge is -2.32. The van der Waals surface area contributed by atoms with Crippen LogP contribution in [0.4, 0.5) is 5.69 Å². The molecule has 1 unspecified atom stereocenters. The second-order valence-corrected chi connectivity index (χ2v) is 15.2. The Kier molecular flexibility index (Phi) is 8.14. The Balaban J connectivity index is 1.25. The third kappa shape index (κ3) is 5.57. The first-order chi connectivity index (χ1) is 23.6. The van der Waals surface area contributed by atoms with E-state index in [9.17, 15) is 9.90 Å². The van der Waals surface area contributed by atoms with E-state index in [1.54, 1.807) is 0 Å². The molecule has 2 aromatic carbocycles. The van der Waals surface area contributed by atoms with E-state index in [-0.39, 0.29) is 5.54 Å². The van der Waals surface area contributed by atoms with Crippen LogP contribution in [0.3, 0.4) is 0 Å². The highest BCUT2D eigenvalue weighted by Crippen LogP contribution is 2.44. The number of carbonyl (C=O) groups is 1. The molecule has 1 atom stereocenters. The highest BCUT2D eigenvalue weighted by Gasteiger charge is 2.37. The Labute approximate surface area is 292 Å². The normalized spacial score (nSPS) is 21.4. The van der Waals surface area contributed by atoms with Gasteiger partial charge in [0.25, 0.3) is 0 Å². The van der Waals surface area contributed by atoms with Crippen LogP contribution in [0.15, 0.2) is 29.4 Å². The maximum absolute atomic E-state index is 12.9. The number of benzene rings is 2. The molecule has 0 radical (unpaired) electrons. The van der Waals surface area contributed by atoms with Gasteiger partial charge in [-0.2, -0.15) is 10.2 Å². The smallest absolute Gasteiger partial charge is 0.352 e. The van der Waals surface area contributed by atoms with Gasteiger partial charge < -0.3 is 19.7 Å². The van der Waals surface area contributed by atoms with Crippen molar-refractivity contribution >= 4 is 39.9 Å². The molecule has 0 fully saturated rings. The molecular formula is C38H46ClN7O3. The van der Waals surface area contributed by atoms with E-state index in [2.05, 4.69) is 53.1 Å². The van der Waals surface area contributed by atoms with Crippen LogP contribution in [-0.4, -0.2) is 80.4 Å². The van der Waals surface area contributed by atoms with Crippen molar-refractivity contribution < 1.29 is 14.6 Å². The van der Waals surface area contributed by atoms with Crippen LogP contribution in [-0.2, 0) is 45.8 Å². The number of ether oxygens (including phenoxy) is 1. The van der Waals surface area contributed by atoms with Gasteiger partial charge in [0.1, 0.15) is 11.4 Å². The molecule has 0 aliphatic carbocycles. The Bertz CT molecular complexity index is 2010. The minimum Gasteiger partial charge on any atom is -0.491 e. The van der Waals surface area contributed by atoms with Crippen LogP contribution >= 0.6 is 11.6 Å². The number of hydrazone groups is 1. The number of halogens is 1. The van der Waals surface area contributed by atoms with Crippen LogP contribution < -0.4 is 10.1 Å². The van der Waals surface area contributed by atoms with Crippen molar-refractivity contribution in [1.29, 1.82) is 0 Å². The van der Waals surface area contributed by atoms with E-state index >= 15 is 0 Å². The zero-order valence-electron chi connectivity index (χ0n) is 29.0. The number of carboxylic acid groups (broad SMARTS) is 1. The quantitative estimate of drug-likeness (QED) is 0.235. The van der Waals surface area contributed by atoms with Gasteiger partial charge in [-0.3, -0.25) is 14.6 Å². The second-order valence-electron chi connectivity index (χ2n) is 14.8. The maximum atomic E-state index is 12.9. The number of rotatable bonds is 1. The highest BCUT2D eigenvalue weighted by atomic mass is 35.5. The molecule has 0 spiro atoms. The number of aromatic carboxylic acids is 1. The summed E-state index contributed by atoms with van der Waals surface area (Å²) < 4.78 is 10.5. The fourth-order valence-electron chi connectivity index (χ4n) is 8.76. The summed E-state index contributed by atoms with van der Waals surface area (Å²) in [5, 5.41) is 28.0. The molecule has 258 valence electrons. The first-order valence-corrected chi connectivity index (χ1v) is 18.1. The molecule has 8 bridgehead atoms. The number of nitrogens with one attached hydrogen (secondary N) is 1. The Morgan fingerprint density at radius 1 is 1.04 bits per heavy atom. The summed E-state index contributed by atoms with van der Waals surface area (Å²) in [5.41, 5.74) is 10.8. The molecular weight excluding hydrogens is 638 g/mol. The first-order valence-electron chi connectivity index (χ1n) is 17.7. The number of fused-ring (bicyclic) bond motifs is 10. The van der Waals surface area contributed by atoms with Gasteiger partial charge in [-0.15, -0.1) is 0 Å². The molecule has 49 heavy (non-hydrogen) atoms. The summed E-state index contributed by atoms with van der Waals surface area (Å²) in [6, 6.07) is 8.49. The van der Waals surface area contributed by atoms with E-state index in [4.69, 9.17) is 26.5 Å². The Hall–Kier alpha value is -4.02. The van der Waals surface area contributed by atoms with Crippen molar-refractivity contribution in [1.82, 2.24) is 24.3 Å². The van der Waals surface area contributed by atoms with Gasteiger partial charge in [0.15, 0.2) is 0 Å². The van der Waals surface area contributed by atoms with Gasteiger partial charge in [0, 0.05) is 68.9 Å². The zero-order valence-corrected chi connectivity index (χ0v) is 29.8. The molecule has 2 aromatic heterocycles. The maximum Gasteiger partial charge on any atom is 0.352 e. The van der Waals surface area contributed by atoms with Crippen LogP contribution in [0.2, 0.25) is 5.02 Å². The zero-order chi connectivity index (χ0) is 34.0. The van der Waals surface area contributed by atoms with Crippen LogP contribution in [0.5, 0.6) is 5.75 Å². The van der Waals surface area contributed by atoms with Crippen molar-refractivity contribution in [3.63, 3.8) is 0 Å². The summed E-state index contributed by atoms with van der Waals surface area (Å²) >= 11 is 7.11.